The van der Waals surface area contributed by atoms with E-state index in [2.05, 4.69) is 20.6 Å². The van der Waals surface area contributed by atoms with Gasteiger partial charge in [0.1, 0.15) is 5.82 Å². The van der Waals surface area contributed by atoms with Crippen LogP contribution >= 0.6 is 0 Å². The number of nitrogens with one attached hydrogen (secondary N) is 1. The predicted molar refractivity (Wildman–Crippen MR) is 28.5 cm³/mol. The second-order valence-electron chi connectivity index (χ2n) is 1.64. The zero-order valence-electron chi connectivity index (χ0n) is 4.84. The van der Waals surface area contributed by atoms with Crippen molar-refractivity contribution in [3.8, 4) is 0 Å². The third-order valence-electron chi connectivity index (χ3n) is 0.936. The van der Waals surface area contributed by atoms with Crippen LogP contribution in [0.5, 0.6) is 0 Å². The summed E-state index contributed by atoms with van der Waals surface area (Å²) in [6, 6.07) is 0. The lowest BCUT2D eigenvalue weighted by Gasteiger charge is -1.85. The average Bonchev–Trinajstić information content (AvgIpc) is 2.34. The van der Waals surface area contributed by atoms with Gasteiger partial charge < -0.3 is 0 Å². The highest BCUT2D eigenvalue weighted by molar-refractivity contribution is 4.74. The molecule has 4 nitrogen and oxygen atoms in total. The highest BCUT2D eigenvalue weighted by atomic mass is 19.1. The Morgan fingerprint density at radius 2 is 2.44 bits per heavy atom. The molecule has 0 aromatic carbocycles. The molecule has 5 heteroatoms. The first-order valence-electron chi connectivity index (χ1n) is 2.72. The number of aryl methyl sites for hydroxylation is 1. The Labute approximate surface area is 51.5 Å². The summed E-state index contributed by atoms with van der Waals surface area (Å²) in [7, 11) is 0. The van der Waals surface area contributed by atoms with Crippen LogP contribution in [0, 0.1) is 0 Å². The minimum atomic E-state index is -0.319. The van der Waals surface area contributed by atoms with Crippen LogP contribution in [0.4, 0.5) is 4.39 Å². The number of nitrogens with zero attached hydrogens (tertiary/aromatic N) is 3. The van der Waals surface area contributed by atoms with Crippen molar-refractivity contribution in [1.82, 2.24) is 20.6 Å². The number of halogens is 1. The van der Waals surface area contributed by atoms with Crippen molar-refractivity contribution >= 4 is 0 Å². The Bertz CT molecular complexity index is 150. The molecule has 0 aliphatic rings. The first-order chi connectivity index (χ1) is 4.43. The first kappa shape index (κ1) is 6.12. The maximum absolute atomic E-state index is 11.5. The van der Waals surface area contributed by atoms with Crippen molar-refractivity contribution in [2.45, 2.75) is 12.8 Å². The molecule has 50 valence electrons. The fourth-order valence-electron chi connectivity index (χ4n) is 0.519. The summed E-state index contributed by atoms with van der Waals surface area (Å²) in [6.07, 6.45) is 1.07. The number of aromatic amines is 1. The predicted octanol–water partition coefficient (Wildman–Crippen LogP) is 0.102. The molecule has 0 atom stereocenters. The summed E-state index contributed by atoms with van der Waals surface area (Å²) in [5, 5.41) is 12.8. The molecule has 0 unspecified atom stereocenters. The second kappa shape index (κ2) is 3.11. The zero-order chi connectivity index (χ0) is 6.53. The molecule has 1 aromatic rings. The normalized spacial score (nSPS) is 9.89. The molecule has 0 amide bonds. The van der Waals surface area contributed by atoms with E-state index in [4.69, 9.17) is 0 Å². The molecular formula is C4H7FN4. The van der Waals surface area contributed by atoms with Gasteiger partial charge in [-0.15, -0.1) is 5.10 Å². The van der Waals surface area contributed by atoms with Gasteiger partial charge >= 0.3 is 0 Å². The molecule has 0 bridgehead atoms. The fraction of sp³-hybridized carbons (Fsp3) is 0.750. The SMILES string of the molecule is FCCCc1nnn[nH]1. The Hall–Kier alpha value is -1.00. The number of hydrogen-bond donors (Lipinski definition) is 1. The van der Waals surface area contributed by atoms with E-state index in [1.807, 2.05) is 0 Å². The largest absolute Gasteiger partial charge is 0.251 e. The molecule has 0 radical (unpaired) electrons. The summed E-state index contributed by atoms with van der Waals surface area (Å²) in [5.74, 6) is 0.646. The number of H-pyrrole nitrogens is 1. The molecular weight excluding hydrogens is 123 g/mol. The van der Waals surface area contributed by atoms with Gasteiger partial charge in [-0.05, 0) is 16.8 Å². The summed E-state index contributed by atoms with van der Waals surface area (Å²) < 4.78 is 11.5. The molecule has 0 aliphatic carbocycles. The van der Waals surface area contributed by atoms with Crippen LogP contribution in [0.25, 0.3) is 0 Å². The van der Waals surface area contributed by atoms with Gasteiger partial charge in [-0.1, -0.05) is 0 Å². The lowest BCUT2D eigenvalue weighted by Crippen LogP contribution is -1.88. The number of rotatable bonds is 3. The van der Waals surface area contributed by atoms with Crippen molar-refractivity contribution in [2.75, 3.05) is 6.67 Å². The van der Waals surface area contributed by atoms with Crippen molar-refractivity contribution < 1.29 is 4.39 Å². The first-order valence-corrected chi connectivity index (χ1v) is 2.72. The summed E-state index contributed by atoms with van der Waals surface area (Å²) in [6.45, 7) is -0.319. The number of alkyl halides is 1. The molecule has 0 aliphatic heterocycles. The van der Waals surface area contributed by atoms with Gasteiger partial charge in [-0.3, -0.25) is 4.39 Å². The minimum Gasteiger partial charge on any atom is -0.251 e. The monoisotopic (exact) mass is 130 g/mol. The van der Waals surface area contributed by atoms with E-state index in [1.54, 1.807) is 0 Å². The molecule has 9 heavy (non-hydrogen) atoms. The van der Waals surface area contributed by atoms with Crippen LogP contribution in [0.15, 0.2) is 0 Å². The van der Waals surface area contributed by atoms with Crippen LogP contribution in [-0.2, 0) is 6.42 Å². The van der Waals surface area contributed by atoms with Crippen molar-refractivity contribution in [3.63, 3.8) is 0 Å². The van der Waals surface area contributed by atoms with Crippen LogP contribution in [-0.4, -0.2) is 27.3 Å². The number of tetrazole rings is 1. The molecule has 0 spiro atoms. The summed E-state index contributed by atoms with van der Waals surface area (Å²) in [5.41, 5.74) is 0. The van der Waals surface area contributed by atoms with Gasteiger partial charge in [0, 0.05) is 6.42 Å². The third kappa shape index (κ3) is 1.75. The fourth-order valence-corrected chi connectivity index (χ4v) is 0.519. The van der Waals surface area contributed by atoms with Crippen LogP contribution in [0.2, 0.25) is 0 Å². The van der Waals surface area contributed by atoms with Gasteiger partial charge in [0.05, 0.1) is 6.67 Å². The topological polar surface area (TPSA) is 54.5 Å². The average molecular weight is 130 g/mol. The third-order valence-corrected chi connectivity index (χ3v) is 0.936. The van der Waals surface area contributed by atoms with Crippen LogP contribution < -0.4 is 0 Å². The van der Waals surface area contributed by atoms with Gasteiger partial charge in [-0.25, -0.2) is 5.10 Å². The number of aromatic nitrogens is 4. The Morgan fingerprint density at radius 1 is 1.56 bits per heavy atom. The van der Waals surface area contributed by atoms with Gasteiger partial charge in [0.15, 0.2) is 0 Å². The molecule has 0 saturated heterocycles. The van der Waals surface area contributed by atoms with Crippen LogP contribution in [0.1, 0.15) is 12.2 Å². The maximum atomic E-state index is 11.5. The maximum Gasteiger partial charge on any atom is 0.148 e. The molecule has 0 saturated carbocycles. The van der Waals surface area contributed by atoms with Crippen molar-refractivity contribution in [3.05, 3.63) is 5.82 Å². The number of hydrogen-bond acceptors (Lipinski definition) is 3. The smallest absolute Gasteiger partial charge is 0.148 e. The zero-order valence-corrected chi connectivity index (χ0v) is 4.84. The van der Waals surface area contributed by atoms with E-state index in [1.165, 1.54) is 0 Å². The van der Waals surface area contributed by atoms with Gasteiger partial charge in [0.2, 0.25) is 0 Å². The lowest BCUT2D eigenvalue weighted by atomic mass is 10.3. The second-order valence-corrected chi connectivity index (χ2v) is 1.64. The Balaban J connectivity index is 2.30. The molecule has 1 aromatic heterocycles. The molecule has 1 rings (SSSR count). The Morgan fingerprint density at radius 3 is 3.00 bits per heavy atom. The van der Waals surface area contributed by atoms with E-state index in [0.717, 1.165) is 0 Å². The summed E-state index contributed by atoms with van der Waals surface area (Å²) in [4.78, 5) is 0. The molecule has 1 N–H and O–H groups in total. The van der Waals surface area contributed by atoms with Crippen molar-refractivity contribution in [2.24, 2.45) is 0 Å². The van der Waals surface area contributed by atoms with Crippen molar-refractivity contribution in [1.29, 1.82) is 0 Å². The van der Waals surface area contributed by atoms with Gasteiger partial charge in [-0.2, -0.15) is 0 Å². The molecule has 1 heterocycles. The highest BCUT2D eigenvalue weighted by Gasteiger charge is 1.93. The minimum absolute atomic E-state index is 0.319. The Kier molecular flexibility index (Phi) is 2.12. The van der Waals surface area contributed by atoms with Crippen LogP contribution in [0.3, 0.4) is 0 Å². The van der Waals surface area contributed by atoms with E-state index >= 15 is 0 Å². The van der Waals surface area contributed by atoms with Gasteiger partial charge in [0.25, 0.3) is 0 Å². The quantitative estimate of drug-likeness (QED) is 0.631. The standard InChI is InChI=1S/C4H7FN4/c5-3-1-2-4-6-8-9-7-4/h1-3H2,(H,6,7,8,9). The van der Waals surface area contributed by atoms with E-state index < -0.39 is 0 Å². The molecule has 0 fully saturated rings. The lowest BCUT2D eigenvalue weighted by molar-refractivity contribution is 0.469. The van der Waals surface area contributed by atoms with E-state index in [9.17, 15) is 4.39 Å². The summed E-state index contributed by atoms with van der Waals surface area (Å²) >= 11 is 0. The highest BCUT2D eigenvalue weighted by Crippen LogP contribution is 1.90. The van der Waals surface area contributed by atoms with E-state index in [0.29, 0.717) is 18.7 Å². The van der Waals surface area contributed by atoms with E-state index in [-0.39, 0.29) is 6.67 Å².